The number of aliphatic carboxylic acids is 1. The second kappa shape index (κ2) is 24.2. The standard InChI is InChI=1S/C25H30O3.C18H36N2O6/c1-17-14-18(2)22(19(3)15-17)23(25(26)27)24(21-12-8-5-9-13-21)28-16-20-10-6-4-7-11-20;1-18(2,3)26-17(22)16-25-15-14-24-12-9-20-6-4-19(5-7-20)8-11-23-13-10-21/h4,6-7,10-11,14-15,21H,5,8-9,12-13,16H2,1-3H3,(H,26,27);21H,4-16H2,1-3H3/b24-23+;. The lowest BCUT2D eigenvalue weighted by molar-refractivity contribution is -0.160. The van der Waals surface area contributed by atoms with Gasteiger partial charge in [0.1, 0.15) is 30.1 Å². The number of carboxylic acid groups (broad SMARTS) is 1. The fourth-order valence-electron chi connectivity index (χ4n) is 6.94. The van der Waals surface area contributed by atoms with E-state index in [-0.39, 0.29) is 25.1 Å². The third-order valence-electron chi connectivity index (χ3n) is 9.42. The summed E-state index contributed by atoms with van der Waals surface area (Å²) in [5, 5.41) is 18.9. The van der Waals surface area contributed by atoms with Crippen LogP contribution in [-0.2, 0) is 39.9 Å². The SMILES string of the molecule is CC(C)(C)OC(=O)COCCOCCN1CCN(CCOCCO)CC1.Cc1cc(C)c(/C(C(=O)O)=C(\OCc2ccccc2)C2CCCCC2)c(C)c1. The highest BCUT2D eigenvalue weighted by Crippen LogP contribution is 2.37. The molecule has 11 heteroatoms. The second-order valence-corrected chi connectivity index (χ2v) is 15.2. The predicted octanol–water partition coefficient (Wildman–Crippen LogP) is 6.19. The Morgan fingerprint density at radius 2 is 1.33 bits per heavy atom. The second-order valence-electron chi connectivity index (χ2n) is 15.2. The molecular weight excluding hydrogens is 688 g/mol. The molecule has 2 aliphatic rings. The minimum Gasteiger partial charge on any atom is -0.492 e. The van der Waals surface area contributed by atoms with Gasteiger partial charge in [-0.25, -0.2) is 9.59 Å². The van der Waals surface area contributed by atoms with Gasteiger partial charge >= 0.3 is 11.9 Å². The first-order valence-electron chi connectivity index (χ1n) is 19.6. The molecule has 0 atom stereocenters. The van der Waals surface area contributed by atoms with Gasteiger partial charge in [0.05, 0.1) is 39.6 Å². The molecule has 302 valence electrons. The number of aliphatic hydroxyl groups is 1. The van der Waals surface area contributed by atoms with Crippen molar-refractivity contribution in [2.45, 2.75) is 85.9 Å². The van der Waals surface area contributed by atoms with Crippen molar-refractivity contribution in [2.24, 2.45) is 5.92 Å². The molecule has 4 rings (SSSR count). The molecule has 0 spiro atoms. The number of ether oxygens (including phenoxy) is 5. The quantitative estimate of drug-likeness (QED) is 0.0738. The number of aliphatic hydroxyl groups excluding tert-OH is 1. The van der Waals surface area contributed by atoms with E-state index in [4.69, 9.17) is 28.8 Å². The highest BCUT2D eigenvalue weighted by molar-refractivity contribution is 6.17. The summed E-state index contributed by atoms with van der Waals surface area (Å²) < 4.78 is 27.6. The fraction of sp³-hybridized carbons (Fsp3) is 0.628. The zero-order valence-electron chi connectivity index (χ0n) is 33.7. The van der Waals surface area contributed by atoms with Crippen molar-refractivity contribution in [3.63, 3.8) is 0 Å². The fourth-order valence-corrected chi connectivity index (χ4v) is 6.94. The molecule has 0 radical (unpaired) electrons. The number of hydrogen-bond donors (Lipinski definition) is 2. The number of rotatable bonds is 19. The summed E-state index contributed by atoms with van der Waals surface area (Å²) in [6.07, 6.45) is 5.45. The summed E-state index contributed by atoms with van der Waals surface area (Å²) in [6.45, 7) is 20.5. The summed E-state index contributed by atoms with van der Waals surface area (Å²) in [5.74, 6) is -0.421. The Hall–Kier alpha value is -3.32. The van der Waals surface area contributed by atoms with Gasteiger partial charge in [0.15, 0.2) is 0 Å². The zero-order chi connectivity index (χ0) is 39.3. The lowest BCUT2D eigenvalue weighted by Crippen LogP contribution is -2.48. The molecule has 2 aromatic carbocycles. The molecule has 2 N–H and O–H groups in total. The largest absolute Gasteiger partial charge is 0.492 e. The monoisotopic (exact) mass is 754 g/mol. The molecule has 1 heterocycles. The van der Waals surface area contributed by atoms with E-state index in [0.717, 1.165) is 92.8 Å². The van der Waals surface area contributed by atoms with E-state index in [2.05, 4.69) is 21.9 Å². The first kappa shape index (κ1) is 45.1. The summed E-state index contributed by atoms with van der Waals surface area (Å²) in [7, 11) is 0. The van der Waals surface area contributed by atoms with Gasteiger partial charge in [-0.1, -0.05) is 67.3 Å². The van der Waals surface area contributed by atoms with Gasteiger partial charge in [0.2, 0.25) is 0 Å². The number of aryl methyl sites for hydroxylation is 3. The molecule has 1 aliphatic heterocycles. The van der Waals surface area contributed by atoms with Crippen LogP contribution in [0.1, 0.15) is 80.7 Å². The average molecular weight is 755 g/mol. The van der Waals surface area contributed by atoms with Crippen LogP contribution in [-0.4, -0.2) is 123 Å². The Bertz CT molecular complexity index is 1400. The van der Waals surface area contributed by atoms with Crippen molar-refractivity contribution in [3.05, 3.63) is 76.0 Å². The van der Waals surface area contributed by atoms with Crippen LogP contribution in [0.2, 0.25) is 0 Å². The maximum absolute atomic E-state index is 12.4. The molecule has 11 nitrogen and oxygen atoms in total. The van der Waals surface area contributed by atoms with Crippen LogP contribution in [0.25, 0.3) is 5.57 Å². The Kier molecular flexibility index (Phi) is 20.2. The smallest absolute Gasteiger partial charge is 0.339 e. The Labute approximate surface area is 323 Å². The van der Waals surface area contributed by atoms with Crippen LogP contribution >= 0.6 is 0 Å². The van der Waals surface area contributed by atoms with Gasteiger partial charge in [0, 0.05) is 45.2 Å². The molecule has 2 aromatic rings. The van der Waals surface area contributed by atoms with E-state index in [1.54, 1.807) is 0 Å². The normalized spacial score (nSPS) is 16.3. The molecular formula is C43H66N2O9. The molecule has 1 saturated heterocycles. The number of allylic oxidation sites excluding steroid dienone is 1. The minimum atomic E-state index is -0.899. The number of carbonyl (C=O) groups excluding carboxylic acids is 1. The van der Waals surface area contributed by atoms with Crippen LogP contribution < -0.4 is 0 Å². The van der Waals surface area contributed by atoms with Gasteiger partial charge in [-0.15, -0.1) is 0 Å². The Balaban J connectivity index is 0.000000292. The lowest BCUT2D eigenvalue weighted by atomic mass is 9.83. The topological polar surface area (TPSA) is 127 Å². The third kappa shape index (κ3) is 17.0. The maximum Gasteiger partial charge on any atom is 0.339 e. The van der Waals surface area contributed by atoms with Crippen LogP contribution in [0, 0.1) is 26.7 Å². The minimum absolute atomic E-state index is 0.0371. The van der Waals surface area contributed by atoms with E-state index >= 15 is 0 Å². The van der Waals surface area contributed by atoms with Crippen molar-refractivity contribution in [1.29, 1.82) is 0 Å². The number of piperazine rings is 1. The van der Waals surface area contributed by atoms with E-state index in [1.807, 2.05) is 71.9 Å². The van der Waals surface area contributed by atoms with Crippen molar-refractivity contribution >= 4 is 17.5 Å². The Morgan fingerprint density at radius 3 is 1.87 bits per heavy atom. The van der Waals surface area contributed by atoms with Crippen LogP contribution in [0.15, 0.2) is 48.2 Å². The lowest BCUT2D eigenvalue weighted by Gasteiger charge is -2.34. The highest BCUT2D eigenvalue weighted by Gasteiger charge is 2.29. The van der Waals surface area contributed by atoms with E-state index in [9.17, 15) is 14.7 Å². The number of nitrogens with zero attached hydrogens (tertiary/aromatic N) is 2. The molecule has 0 aromatic heterocycles. The first-order valence-corrected chi connectivity index (χ1v) is 19.6. The third-order valence-corrected chi connectivity index (χ3v) is 9.42. The number of benzene rings is 2. The molecule has 0 bridgehead atoms. The molecule has 2 fully saturated rings. The molecule has 54 heavy (non-hydrogen) atoms. The van der Waals surface area contributed by atoms with Gasteiger partial charge in [0.25, 0.3) is 0 Å². The van der Waals surface area contributed by atoms with Gasteiger partial charge in [-0.2, -0.15) is 0 Å². The van der Waals surface area contributed by atoms with Crippen molar-refractivity contribution < 1.29 is 43.5 Å². The van der Waals surface area contributed by atoms with Crippen molar-refractivity contribution in [3.8, 4) is 0 Å². The molecule has 1 aliphatic carbocycles. The molecule has 0 amide bonds. The van der Waals surface area contributed by atoms with Gasteiger partial charge < -0.3 is 33.9 Å². The van der Waals surface area contributed by atoms with Crippen molar-refractivity contribution in [2.75, 3.05) is 85.5 Å². The van der Waals surface area contributed by atoms with E-state index in [0.29, 0.717) is 51.0 Å². The summed E-state index contributed by atoms with van der Waals surface area (Å²) in [5.41, 5.74) is 4.86. The van der Waals surface area contributed by atoms with E-state index < -0.39 is 11.6 Å². The summed E-state index contributed by atoms with van der Waals surface area (Å²) >= 11 is 0. The van der Waals surface area contributed by atoms with Crippen LogP contribution in [0.4, 0.5) is 0 Å². The van der Waals surface area contributed by atoms with Crippen LogP contribution in [0.5, 0.6) is 0 Å². The molecule has 1 saturated carbocycles. The summed E-state index contributed by atoms with van der Waals surface area (Å²) in [4.78, 5) is 28.7. The van der Waals surface area contributed by atoms with Gasteiger partial charge in [-0.05, 0) is 76.6 Å². The number of carbonyl (C=O) groups is 2. The highest BCUT2D eigenvalue weighted by atomic mass is 16.6. The average Bonchev–Trinajstić information content (AvgIpc) is 3.13. The zero-order valence-corrected chi connectivity index (χ0v) is 33.7. The molecule has 0 unspecified atom stereocenters. The predicted molar refractivity (Wildman–Crippen MR) is 211 cm³/mol. The maximum atomic E-state index is 12.4. The first-order chi connectivity index (χ1) is 25.9. The van der Waals surface area contributed by atoms with Crippen molar-refractivity contribution in [1.82, 2.24) is 9.80 Å². The van der Waals surface area contributed by atoms with Gasteiger partial charge in [-0.3, -0.25) is 9.80 Å². The van der Waals surface area contributed by atoms with Crippen LogP contribution in [0.3, 0.4) is 0 Å². The number of esters is 1. The number of hydrogen-bond acceptors (Lipinski definition) is 10. The number of carboxylic acids is 1. The Morgan fingerprint density at radius 1 is 0.778 bits per heavy atom. The van der Waals surface area contributed by atoms with E-state index in [1.165, 1.54) is 6.42 Å². The summed E-state index contributed by atoms with van der Waals surface area (Å²) in [6, 6.07) is 14.1.